The van der Waals surface area contributed by atoms with Crippen molar-refractivity contribution < 1.29 is 14.7 Å². The lowest BCUT2D eigenvalue weighted by Crippen LogP contribution is -2.43. The fourth-order valence-electron chi connectivity index (χ4n) is 1.92. The maximum atomic E-state index is 11.1. The standard InChI is InChI=1S/C9H15NO3/c1-6-5-10(9(12)13)4-3-8(6)7(2)11/h6,8H,3-5H2,1-2H3,(H,12,13). The van der Waals surface area contributed by atoms with Gasteiger partial charge in [-0.2, -0.15) is 0 Å². The van der Waals surface area contributed by atoms with E-state index in [1.807, 2.05) is 6.92 Å². The molecule has 0 radical (unpaired) electrons. The number of rotatable bonds is 1. The van der Waals surface area contributed by atoms with Gasteiger partial charge in [0.25, 0.3) is 0 Å². The minimum atomic E-state index is -0.881. The molecular weight excluding hydrogens is 170 g/mol. The molecule has 74 valence electrons. The third kappa shape index (κ3) is 2.20. The number of ketones is 1. The van der Waals surface area contributed by atoms with E-state index in [4.69, 9.17) is 5.11 Å². The van der Waals surface area contributed by atoms with Crippen LogP contribution in [0.3, 0.4) is 0 Å². The third-order valence-corrected chi connectivity index (χ3v) is 2.70. The van der Waals surface area contributed by atoms with Gasteiger partial charge in [-0.05, 0) is 19.3 Å². The first-order chi connectivity index (χ1) is 6.02. The van der Waals surface area contributed by atoms with Gasteiger partial charge in [-0.1, -0.05) is 6.92 Å². The highest BCUT2D eigenvalue weighted by Gasteiger charge is 2.30. The number of piperidine rings is 1. The Morgan fingerprint density at radius 2 is 2.08 bits per heavy atom. The van der Waals surface area contributed by atoms with Crippen LogP contribution in [0.2, 0.25) is 0 Å². The van der Waals surface area contributed by atoms with Crippen molar-refractivity contribution in [2.45, 2.75) is 20.3 Å². The number of carboxylic acid groups (broad SMARTS) is 1. The molecule has 4 heteroatoms. The first-order valence-corrected chi connectivity index (χ1v) is 4.50. The molecule has 0 spiro atoms. The molecule has 1 aliphatic heterocycles. The second-order valence-corrected chi connectivity index (χ2v) is 3.71. The fourth-order valence-corrected chi connectivity index (χ4v) is 1.92. The first-order valence-electron chi connectivity index (χ1n) is 4.50. The summed E-state index contributed by atoms with van der Waals surface area (Å²) in [4.78, 5) is 23.1. The van der Waals surface area contributed by atoms with E-state index < -0.39 is 6.09 Å². The Labute approximate surface area is 77.5 Å². The van der Waals surface area contributed by atoms with E-state index >= 15 is 0 Å². The quantitative estimate of drug-likeness (QED) is 0.668. The number of Topliss-reactive ketones (excluding diaryl/α,β-unsaturated/α-hetero) is 1. The molecule has 1 aliphatic rings. The van der Waals surface area contributed by atoms with Crippen LogP contribution < -0.4 is 0 Å². The van der Waals surface area contributed by atoms with Crippen LogP contribution in [0.1, 0.15) is 20.3 Å². The van der Waals surface area contributed by atoms with Gasteiger partial charge in [-0.15, -0.1) is 0 Å². The smallest absolute Gasteiger partial charge is 0.407 e. The lowest BCUT2D eigenvalue weighted by molar-refractivity contribution is -0.123. The SMILES string of the molecule is CC(=O)C1CCN(C(=O)O)CC1C. The molecule has 0 aliphatic carbocycles. The van der Waals surface area contributed by atoms with E-state index in [1.54, 1.807) is 6.92 Å². The van der Waals surface area contributed by atoms with Gasteiger partial charge in [0.15, 0.2) is 0 Å². The Balaban J connectivity index is 2.56. The minimum absolute atomic E-state index is 0.0515. The van der Waals surface area contributed by atoms with Crippen LogP contribution >= 0.6 is 0 Å². The van der Waals surface area contributed by atoms with Crippen molar-refractivity contribution in [2.75, 3.05) is 13.1 Å². The number of carbonyl (C=O) groups is 2. The molecule has 1 amide bonds. The van der Waals surface area contributed by atoms with Gasteiger partial charge >= 0.3 is 6.09 Å². The number of carbonyl (C=O) groups excluding carboxylic acids is 1. The second kappa shape index (κ2) is 3.77. The molecule has 1 saturated heterocycles. The molecule has 0 bridgehead atoms. The highest BCUT2D eigenvalue weighted by molar-refractivity contribution is 5.79. The topological polar surface area (TPSA) is 57.6 Å². The lowest BCUT2D eigenvalue weighted by Gasteiger charge is -2.33. The van der Waals surface area contributed by atoms with E-state index in [9.17, 15) is 9.59 Å². The molecule has 0 saturated carbocycles. The van der Waals surface area contributed by atoms with Gasteiger partial charge in [0.1, 0.15) is 5.78 Å². The zero-order valence-corrected chi connectivity index (χ0v) is 7.99. The molecule has 1 heterocycles. The number of hydrogen-bond acceptors (Lipinski definition) is 2. The largest absolute Gasteiger partial charge is 0.465 e. The first kappa shape index (κ1) is 10.0. The van der Waals surface area contributed by atoms with Crippen LogP contribution in [0.15, 0.2) is 0 Å². The van der Waals surface area contributed by atoms with Crippen LogP contribution in [0.4, 0.5) is 4.79 Å². The summed E-state index contributed by atoms with van der Waals surface area (Å²) >= 11 is 0. The number of nitrogens with zero attached hydrogens (tertiary/aromatic N) is 1. The molecule has 1 rings (SSSR count). The summed E-state index contributed by atoms with van der Waals surface area (Å²) < 4.78 is 0. The third-order valence-electron chi connectivity index (χ3n) is 2.70. The molecule has 1 N–H and O–H groups in total. The maximum absolute atomic E-state index is 11.1. The average Bonchev–Trinajstić information content (AvgIpc) is 2.03. The summed E-state index contributed by atoms with van der Waals surface area (Å²) in [5.74, 6) is 0.385. The van der Waals surface area contributed by atoms with Crippen LogP contribution in [0.25, 0.3) is 0 Å². The van der Waals surface area contributed by atoms with Crippen LogP contribution in [-0.2, 0) is 4.79 Å². The van der Waals surface area contributed by atoms with Crippen molar-refractivity contribution in [1.82, 2.24) is 4.90 Å². The Morgan fingerprint density at radius 3 is 2.46 bits per heavy atom. The van der Waals surface area contributed by atoms with Gasteiger partial charge in [0.05, 0.1) is 0 Å². The summed E-state index contributed by atoms with van der Waals surface area (Å²) in [6.45, 7) is 4.49. The Bertz CT molecular complexity index is 227. The van der Waals surface area contributed by atoms with E-state index in [1.165, 1.54) is 4.90 Å². The van der Waals surface area contributed by atoms with E-state index in [2.05, 4.69) is 0 Å². The highest BCUT2D eigenvalue weighted by Crippen LogP contribution is 2.23. The number of hydrogen-bond donors (Lipinski definition) is 1. The Hall–Kier alpha value is -1.06. The number of likely N-dealkylation sites (tertiary alicyclic amines) is 1. The fraction of sp³-hybridized carbons (Fsp3) is 0.778. The highest BCUT2D eigenvalue weighted by atomic mass is 16.4. The van der Waals surface area contributed by atoms with Crippen LogP contribution in [0.5, 0.6) is 0 Å². The zero-order valence-electron chi connectivity index (χ0n) is 7.99. The predicted octanol–water partition coefficient (Wildman–Crippen LogP) is 1.21. The summed E-state index contributed by atoms with van der Waals surface area (Å²) in [6, 6.07) is 0. The van der Waals surface area contributed by atoms with Gasteiger partial charge in [0.2, 0.25) is 0 Å². The van der Waals surface area contributed by atoms with Gasteiger partial charge < -0.3 is 10.0 Å². The normalized spacial score (nSPS) is 28.6. The van der Waals surface area contributed by atoms with Crippen molar-refractivity contribution in [3.8, 4) is 0 Å². The summed E-state index contributed by atoms with van der Waals surface area (Å²) in [5.41, 5.74) is 0. The van der Waals surface area contributed by atoms with Crippen molar-refractivity contribution >= 4 is 11.9 Å². The van der Waals surface area contributed by atoms with Gasteiger partial charge in [-0.25, -0.2) is 4.79 Å². The van der Waals surface area contributed by atoms with E-state index in [0.717, 1.165) is 0 Å². The maximum Gasteiger partial charge on any atom is 0.407 e. The monoisotopic (exact) mass is 185 g/mol. The molecule has 0 aromatic rings. The van der Waals surface area contributed by atoms with Crippen molar-refractivity contribution in [3.63, 3.8) is 0 Å². The Morgan fingerprint density at radius 1 is 1.46 bits per heavy atom. The zero-order chi connectivity index (χ0) is 10.0. The molecular formula is C9H15NO3. The lowest BCUT2D eigenvalue weighted by atomic mass is 9.84. The molecule has 13 heavy (non-hydrogen) atoms. The summed E-state index contributed by atoms with van der Waals surface area (Å²) in [5, 5.41) is 8.72. The second-order valence-electron chi connectivity index (χ2n) is 3.71. The van der Waals surface area contributed by atoms with Gasteiger partial charge in [0, 0.05) is 19.0 Å². The number of amides is 1. The van der Waals surface area contributed by atoms with Gasteiger partial charge in [-0.3, -0.25) is 4.79 Å². The molecule has 0 aromatic heterocycles. The summed E-state index contributed by atoms with van der Waals surface area (Å²) in [7, 11) is 0. The van der Waals surface area contributed by atoms with Crippen molar-refractivity contribution in [1.29, 1.82) is 0 Å². The minimum Gasteiger partial charge on any atom is -0.465 e. The van der Waals surface area contributed by atoms with Crippen LogP contribution in [-0.4, -0.2) is 35.0 Å². The van der Waals surface area contributed by atoms with Crippen molar-refractivity contribution in [2.24, 2.45) is 11.8 Å². The molecule has 1 fully saturated rings. The molecule has 0 aromatic carbocycles. The van der Waals surface area contributed by atoms with E-state index in [0.29, 0.717) is 19.5 Å². The predicted molar refractivity (Wildman–Crippen MR) is 47.5 cm³/mol. The van der Waals surface area contributed by atoms with Crippen molar-refractivity contribution in [3.05, 3.63) is 0 Å². The van der Waals surface area contributed by atoms with E-state index in [-0.39, 0.29) is 17.6 Å². The molecule has 4 nitrogen and oxygen atoms in total. The Kier molecular flexibility index (Phi) is 2.90. The summed E-state index contributed by atoms with van der Waals surface area (Å²) in [6.07, 6.45) is -0.211. The molecule has 2 unspecified atom stereocenters. The van der Waals surface area contributed by atoms with Crippen LogP contribution in [0, 0.1) is 11.8 Å². The average molecular weight is 185 g/mol. The molecule has 2 atom stereocenters.